The predicted octanol–water partition coefficient (Wildman–Crippen LogP) is 5.85. The third-order valence-electron chi connectivity index (χ3n) is 4.18. The van der Waals surface area contributed by atoms with Crippen LogP contribution in [0, 0.1) is 0 Å². The molecule has 1 heterocycles. The molecular weight excluding hydrogens is 344 g/mol. The highest BCUT2D eigenvalue weighted by molar-refractivity contribution is 7.22. The van der Waals surface area contributed by atoms with Crippen molar-refractivity contribution in [3.05, 3.63) is 53.6 Å². The summed E-state index contributed by atoms with van der Waals surface area (Å²) in [6, 6.07) is 13.5. The fraction of sp³-hybridized carbons (Fsp3) is 0.333. The standard InChI is InChI=1S/C21H24N2O2S/c1-4-5-12-25-17-9-6-15(7-10-17)20(24)23-21-22-18-11-8-16(14(2)3)13-19(18)26-21/h6-11,13-14H,4-5,12H2,1-3H3,(H,22,23,24). The first-order chi connectivity index (χ1) is 12.6. The van der Waals surface area contributed by atoms with Crippen molar-refractivity contribution in [2.24, 2.45) is 0 Å². The SMILES string of the molecule is CCCCOc1ccc(C(=O)Nc2nc3ccc(C(C)C)cc3s2)cc1. The highest BCUT2D eigenvalue weighted by Crippen LogP contribution is 2.29. The summed E-state index contributed by atoms with van der Waals surface area (Å²) in [7, 11) is 0. The lowest BCUT2D eigenvalue weighted by Gasteiger charge is -2.06. The van der Waals surface area contributed by atoms with E-state index in [1.807, 2.05) is 18.2 Å². The number of amides is 1. The fourth-order valence-electron chi connectivity index (χ4n) is 2.56. The smallest absolute Gasteiger partial charge is 0.257 e. The molecule has 1 amide bonds. The van der Waals surface area contributed by atoms with Crippen molar-refractivity contribution in [3.8, 4) is 5.75 Å². The van der Waals surface area contributed by atoms with Crippen molar-refractivity contribution >= 4 is 32.6 Å². The van der Waals surface area contributed by atoms with Gasteiger partial charge in [-0.25, -0.2) is 4.98 Å². The zero-order chi connectivity index (χ0) is 18.5. The first-order valence-corrected chi connectivity index (χ1v) is 9.83. The molecule has 4 nitrogen and oxygen atoms in total. The monoisotopic (exact) mass is 368 g/mol. The van der Waals surface area contributed by atoms with Crippen LogP contribution in [0.15, 0.2) is 42.5 Å². The summed E-state index contributed by atoms with van der Waals surface area (Å²) in [4.78, 5) is 17.0. The van der Waals surface area contributed by atoms with Crippen molar-refractivity contribution in [1.82, 2.24) is 4.98 Å². The van der Waals surface area contributed by atoms with Crippen LogP contribution in [0.25, 0.3) is 10.2 Å². The summed E-state index contributed by atoms with van der Waals surface area (Å²) in [5.74, 6) is 1.10. The van der Waals surface area contributed by atoms with Gasteiger partial charge in [0, 0.05) is 5.56 Å². The van der Waals surface area contributed by atoms with E-state index in [1.165, 1.54) is 16.9 Å². The van der Waals surface area contributed by atoms with Gasteiger partial charge in [-0.05, 0) is 54.3 Å². The number of thiazole rings is 1. The lowest BCUT2D eigenvalue weighted by Crippen LogP contribution is -2.11. The Bertz CT molecular complexity index is 885. The van der Waals surface area contributed by atoms with Crippen LogP contribution in [0.4, 0.5) is 5.13 Å². The molecule has 0 saturated carbocycles. The molecule has 1 N–H and O–H groups in total. The maximum Gasteiger partial charge on any atom is 0.257 e. The molecule has 3 rings (SSSR count). The zero-order valence-electron chi connectivity index (χ0n) is 15.4. The number of unbranched alkanes of at least 4 members (excludes halogenated alkanes) is 1. The molecule has 0 atom stereocenters. The number of carbonyl (C=O) groups excluding carboxylic acids is 1. The molecule has 5 heteroatoms. The first kappa shape index (κ1) is 18.4. The Morgan fingerprint density at radius 2 is 1.96 bits per heavy atom. The van der Waals surface area contributed by atoms with Crippen molar-refractivity contribution in [1.29, 1.82) is 0 Å². The Kier molecular flexibility index (Phi) is 5.89. The summed E-state index contributed by atoms with van der Waals surface area (Å²) in [6.45, 7) is 7.16. The average Bonchev–Trinajstić information content (AvgIpc) is 3.03. The lowest BCUT2D eigenvalue weighted by molar-refractivity contribution is 0.102. The van der Waals surface area contributed by atoms with Crippen LogP contribution in [-0.4, -0.2) is 17.5 Å². The largest absolute Gasteiger partial charge is 0.494 e. The van der Waals surface area contributed by atoms with E-state index in [-0.39, 0.29) is 5.91 Å². The molecule has 2 aromatic carbocycles. The Labute approximate surface area is 158 Å². The van der Waals surface area contributed by atoms with E-state index in [4.69, 9.17) is 4.74 Å². The molecule has 136 valence electrons. The molecule has 0 unspecified atom stereocenters. The summed E-state index contributed by atoms with van der Waals surface area (Å²) in [6.07, 6.45) is 2.12. The van der Waals surface area contributed by atoms with Crippen LogP contribution in [0.1, 0.15) is 55.5 Å². The van der Waals surface area contributed by atoms with Gasteiger partial charge in [-0.1, -0.05) is 44.6 Å². The van der Waals surface area contributed by atoms with Gasteiger partial charge in [0.1, 0.15) is 5.75 Å². The lowest BCUT2D eigenvalue weighted by atomic mass is 10.0. The van der Waals surface area contributed by atoms with Crippen LogP contribution in [0.3, 0.4) is 0 Å². The van der Waals surface area contributed by atoms with Crippen molar-refractivity contribution in [2.45, 2.75) is 39.5 Å². The van der Waals surface area contributed by atoms with E-state index in [9.17, 15) is 4.79 Å². The van der Waals surface area contributed by atoms with Gasteiger partial charge in [-0.3, -0.25) is 10.1 Å². The summed E-state index contributed by atoms with van der Waals surface area (Å²) < 4.78 is 6.72. The number of hydrogen-bond donors (Lipinski definition) is 1. The number of carbonyl (C=O) groups is 1. The minimum atomic E-state index is -0.159. The van der Waals surface area contributed by atoms with Gasteiger partial charge in [-0.2, -0.15) is 0 Å². The second-order valence-corrected chi connectivity index (χ2v) is 7.61. The second kappa shape index (κ2) is 8.32. The molecule has 0 aliphatic carbocycles. The van der Waals surface area contributed by atoms with Crippen LogP contribution in [-0.2, 0) is 0 Å². The second-order valence-electron chi connectivity index (χ2n) is 6.58. The van der Waals surface area contributed by atoms with Gasteiger partial charge in [-0.15, -0.1) is 0 Å². The fourth-order valence-corrected chi connectivity index (χ4v) is 3.47. The zero-order valence-corrected chi connectivity index (χ0v) is 16.2. The number of fused-ring (bicyclic) bond motifs is 1. The summed E-state index contributed by atoms with van der Waals surface area (Å²) in [5.41, 5.74) is 2.78. The topological polar surface area (TPSA) is 51.2 Å². The third-order valence-corrected chi connectivity index (χ3v) is 5.12. The van der Waals surface area contributed by atoms with E-state index in [0.717, 1.165) is 28.8 Å². The number of nitrogens with zero attached hydrogens (tertiary/aromatic N) is 1. The van der Waals surface area contributed by atoms with Gasteiger partial charge < -0.3 is 4.74 Å². The normalized spacial score (nSPS) is 11.1. The quantitative estimate of drug-likeness (QED) is 0.532. The highest BCUT2D eigenvalue weighted by Gasteiger charge is 2.11. The third kappa shape index (κ3) is 4.41. The van der Waals surface area contributed by atoms with E-state index in [2.05, 4.69) is 43.2 Å². The summed E-state index contributed by atoms with van der Waals surface area (Å²) in [5, 5.41) is 3.52. The highest BCUT2D eigenvalue weighted by atomic mass is 32.1. The Balaban J connectivity index is 1.68. The van der Waals surface area contributed by atoms with E-state index >= 15 is 0 Å². The molecule has 0 radical (unpaired) electrons. The van der Waals surface area contributed by atoms with Gasteiger partial charge in [0.2, 0.25) is 0 Å². The number of benzene rings is 2. The molecule has 26 heavy (non-hydrogen) atoms. The number of nitrogens with one attached hydrogen (secondary N) is 1. The van der Waals surface area contributed by atoms with E-state index < -0.39 is 0 Å². The number of rotatable bonds is 7. The van der Waals surface area contributed by atoms with Gasteiger partial charge >= 0.3 is 0 Å². The molecular formula is C21H24N2O2S. The number of hydrogen-bond acceptors (Lipinski definition) is 4. The van der Waals surface area contributed by atoms with Crippen LogP contribution in [0.5, 0.6) is 5.75 Å². The Morgan fingerprint density at radius 3 is 2.65 bits per heavy atom. The molecule has 0 bridgehead atoms. The maximum absolute atomic E-state index is 12.5. The van der Waals surface area contributed by atoms with E-state index in [0.29, 0.717) is 23.2 Å². The average molecular weight is 369 g/mol. The molecule has 0 aliphatic heterocycles. The molecule has 1 aromatic heterocycles. The van der Waals surface area contributed by atoms with Crippen LogP contribution >= 0.6 is 11.3 Å². The Morgan fingerprint density at radius 1 is 1.19 bits per heavy atom. The molecule has 0 aliphatic rings. The number of anilines is 1. The first-order valence-electron chi connectivity index (χ1n) is 9.01. The van der Waals surface area contributed by atoms with Crippen molar-refractivity contribution < 1.29 is 9.53 Å². The van der Waals surface area contributed by atoms with E-state index in [1.54, 1.807) is 12.1 Å². The molecule has 0 saturated heterocycles. The minimum Gasteiger partial charge on any atom is -0.494 e. The van der Waals surface area contributed by atoms with Gasteiger partial charge in [0.05, 0.1) is 16.8 Å². The number of aromatic nitrogens is 1. The van der Waals surface area contributed by atoms with Gasteiger partial charge in [0.15, 0.2) is 5.13 Å². The molecule has 3 aromatic rings. The molecule has 0 fully saturated rings. The maximum atomic E-state index is 12.5. The van der Waals surface area contributed by atoms with Crippen molar-refractivity contribution in [2.75, 3.05) is 11.9 Å². The minimum absolute atomic E-state index is 0.159. The van der Waals surface area contributed by atoms with Gasteiger partial charge in [0.25, 0.3) is 5.91 Å². The van der Waals surface area contributed by atoms with Crippen LogP contribution < -0.4 is 10.1 Å². The van der Waals surface area contributed by atoms with Crippen LogP contribution in [0.2, 0.25) is 0 Å². The Hall–Kier alpha value is -2.40. The predicted molar refractivity (Wildman–Crippen MR) is 109 cm³/mol. The molecule has 0 spiro atoms. The van der Waals surface area contributed by atoms with Crippen molar-refractivity contribution in [3.63, 3.8) is 0 Å². The number of ether oxygens (including phenoxy) is 1. The summed E-state index contributed by atoms with van der Waals surface area (Å²) >= 11 is 1.50.